The van der Waals surface area contributed by atoms with E-state index in [2.05, 4.69) is 90.0 Å². The van der Waals surface area contributed by atoms with Crippen LogP contribution in [0.3, 0.4) is 0 Å². The Labute approximate surface area is 154 Å². The van der Waals surface area contributed by atoms with Crippen molar-refractivity contribution in [2.75, 3.05) is 6.61 Å². The second kappa shape index (κ2) is 6.70. The van der Waals surface area contributed by atoms with E-state index < -0.39 is 16.4 Å². The van der Waals surface area contributed by atoms with E-state index in [0.717, 1.165) is 6.61 Å². The molecule has 142 valence electrons. The van der Waals surface area contributed by atoms with Gasteiger partial charge in [-0.05, 0) is 33.6 Å². The smallest absolute Gasteiger partial charge is 0.200 e. The minimum atomic E-state index is -1.77. The fraction of sp³-hybridized carbons (Fsp3) is 0.905. The summed E-state index contributed by atoms with van der Waals surface area (Å²) in [6, 6.07) is 0. The van der Waals surface area contributed by atoms with E-state index in [1.807, 2.05) is 0 Å². The molecule has 0 saturated heterocycles. The molecule has 0 aliphatic carbocycles. The van der Waals surface area contributed by atoms with Gasteiger partial charge in [-0.15, -0.1) is 0 Å². The second-order valence-corrected chi connectivity index (χ2v) is 22.3. The first-order valence-corrected chi connectivity index (χ1v) is 14.1. The van der Waals surface area contributed by atoms with Crippen molar-refractivity contribution in [1.82, 2.24) is 0 Å². The van der Waals surface area contributed by atoms with Crippen molar-refractivity contribution in [3.8, 4) is 0 Å². The minimum Gasteiger partial charge on any atom is -0.412 e. The highest BCUT2D eigenvalue weighted by Crippen LogP contribution is 2.67. The van der Waals surface area contributed by atoms with Gasteiger partial charge in [0, 0.05) is 0 Å². The van der Waals surface area contributed by atoms with Crippen molar-refractivity contribution in [3.05, 3.63) is 10.4 Å². The van der Waals surface area contributed by atoms with Crippen LogP contribution in [0.25, 0.3) is 0 Å². The Balaban J connectivity index is 3.14. The molecule has 0 spiro atoms. The molecule has 0 N–H and O–H groups in total. The molecule has 3 heteroatoms. The van der Waals surface area contributed by atoms with E-state index in [0.29, 0.717) is 26.7 Å². The largest absolute Gasteiger partial charge is 0.412 e. The lowest BCUT2D eigenvalue weighted by molar-refractivity contribution is 0.313. The van der Waals surface area contributed by atoms with Gasteiger partial charge in [-0.3, -0.25) is 0 Å². The Morgan fingerprint density at radius 3 is 1.33 bits per heavy atom. The highest BCUT2D eigenvalue weighted by Gasteiger charge is 2.66. The molecule has 0 unspecified atom stereocenters. The van der Waals surface area contributed by atoms with Crippen LogP contribution in [0.5, 0.6) is 0 Å². The highest BCUT2D eigenvalue weighted by atomic mass is 28.4. The molecule has 0 fully saturated rings. The Morgan fingerprint density at radius 1 is 0.792 bits per heavy atom. The molecule has 0 amide bonds. The molecule has 0 radical (unpaired) electrons. The molecular formula is C21H44OSi2. The van der Waals surface area contributed by atoms with Crippen LogP contribution < -0.4 is 0 Å². The Morgan fingerprint density at radius 2 is 1.12 bits per heavy atom. The average molecular weight is 369 g/mol. The minimum absolute atomic E-state index is 0.381. The molecule has 0 bridgehead atoms. The molecule has 24 heavy (non-hydrogen) atoms. The molecule has 1 heterocycles. The van der Waals surface area contributed by atoms with Gasteiger partial charge in [-0.25, -0.2) is 0 Å². The van der Waals surface area contributed by atoms with Gasteiger partial charge in [0.05, 0.1) is 6.61 Å². The maximum absolute atomic E-state index is 6.97. The lowest BCUT2D eigenvalue weighted by atomic mass is 10.2. The van der Waals surface area contributed by atoms with E-state index in [9.17, 15) is 0 Å². The first-order valence-electron chi connectivity index (χ1n) is 9.93. The molecular weight excluding hydrogens is 324 g/mol. The van der Waals surface area contributed by atoms with Crippen molar-refractivity contribution in [3.63, 3.8) is 0 Å². The Bertz CT molecular complexity index is 451. The summed E-state index contributed by atoms with van der Waals surface area (Å²) in [5, 5.41) is 4.21. The summed E-state index contributed by atoms with van der Waals surface area (Å²) in [6.45, 7) is 32.4. The number of hydrogen-bond acceptors (Lipinski definition) is 1. The Hall–Kier alpha value is 0.134. The van der Waals surface area contributed by atoms with Gasteiger partial charge in [0.2, 0.25) is 8.32 Å². The van der Waals surface area contributed by atoms with Crippen LogP contribution in [0.15, 0.2) is 10.4 Å². The summed E-state index contributed by atoms with van der Waals surface area (Å²) in [4.78, 5) is 0. The van der Waals surface area contributed by atoms with Crippen LogP contribution in [0.2, 0.25) is 26.7 Å². The number of allylic oxidation sites excluding steroid dienone is 1. The van der Waals surface area contributed by atoms with Crippen molar-refractivity contribution in [1.29, 1.82) is 0 Å². The van der Waals surface area contributed by atoms with Gasteiger partial charge in [0.25, 0.3) is 0 Å². The SMILES string of the molecule is CC1=C(CO[Si](C(C)C)(C(C)C)C(C)C)[Si]1(C(C)(C)C)C(C)(C)C. The maximum atomic E-state index is 6.97. The zero-order chi connectivity index (χ0) is 19.3. The van der Waals surface area contributed by atoms with Gasteiger partial charge in [-0.2, -0.15) is 0 Å². The number of hydrogen-bond donors (Lipinski definition) is 0. The summed E-state index contributed by atoms with van der Waals surface area (Å²) < 4.78 is 6.97. The topological polar surface area (TPSA) is 9.23 Å². The van der Waals surface area contributed by atoms with Crippen LogP contribution in [0.1, 0.15) is 90.0 Å². The zero-order valence-corrected chi connectivity index (χ0v) is 20.8. The summed E-state index contributed by atoms with van der Waals surface area (Å²) in [6.07, 6.45) is 0. The standard InChI is InChI=1S/C21H44OSi2/c1-15(2)23(16(3)4,17(5)6)22-14-19-18(7)24(19,20(8,9)10)21(11,12)13/h15-17H,14H2,1-13H3. The van der Waals surface area contributed by atoms with Crippen LogP contribution in [-0.4, -0.2) is 23.0 Å². The lowest BCUT2D eigenvalue weighted by Gasteiger charge is -2.45. The maximum Gasteiger partial charge on any atom is 0.200 e. The van der Waals surface area contributed by atoms with Crippen LogP contribution >= 0.6 is 0 Å². The average Bonchev–Trinajstić information content (AvgIpc) is 2.94. The molecule has 1 nitrogen and oxygen atoms in total. The van der Waals surface area contributed by atoms with Gasteiger partial charge < -0.3 is 4.43 Å². The van der Waals surface area contributed by atoms with E-state index >= 15 is 0 Å². The van der Waals surface area contributed by atoms with Crippen LogP contribution in [0.4, 0.5) is 0 Å². The third kappa shape index (κ3) is 3.14. The van der Waals surface area contributed by atoms with Crippen molar-refractivity contribution in [2.45, 2.75) is 117 Å². The molecule has 0 aromatic rings. The molecule has 1 aliphatic rings. The molecule has 0 atom stereocenters. The van der Waals surface area contributed by atoms with Crippen molar-refractivity contribution >= 4 is 16.4 Å². The van der Waals surface area contributed by atoms with Gasteiger partial charge in [-0.1, -0.05) is 93.5 Å². The van der Waals surface area contributed by atoms with Crippen molar-refractivity contribution in [2.24, 2.45) is 0 Å². The van der Waals surface area contributed by atoms with Gasteiger partial charge in [0.1, 0.15) is 8.07 Å². The normalized spacial score (nSPS) is 19.0. The highest BCUT2D eigenvalue weighted by molar-refractivity contribution is 7.06. The zero-order valence-electron chi connectivity index (χ0n) is 18.8. The van der Waals surface area contributed by atoms with E-state index in [-0.39, 0.29) is 0 Å². The third-order valence-electron chi connectivity index (χ3n) is 6.83. The van der Waals surface area contributed by atoms with E-state index in [4.69, 9.17) is 4.43 Å². The summed E-state index contributed by atoms with van der Waals surface area (Å²) in [7, 11) is -3.34. The summed E-state index contributed by atoms with van der Waals surface area (Å²) in [5.41, 5.74) is 1.99. The molecule has 1 rings (SSSR count). The van der Waals surface area contributed by atoms with Crippen LogP contribution in [0, 0.1) is 0 Å². The third-order valence-corrected chi connectivity index (χ3v) is 20.0. The fourth-order valence-electron chi connectivity index (χ4n) is 6.54. The quantitative estimate of drug-likeness (QED) is 0.438. The predicted octanol–water partition coefficient (Wildman–Crippen LogP) is 7.64. The number of rotatable bonds is 6. The van der Waals surface area contributed by atoms with E-state index in [1.54, 1.807) is 10.4 Å². The predicted molar refractivity (Wildman–Crippen MR) is 115 cm³/mol. The molecule has 0 aromatic heterocycles. The summed E-state index contributed by atoms with van der Waals surface area (Å²) >= 11 is 0. The Kier molecular flexibility index (Phi) is 6.19. The van der Waals surface area contributed by atoms with Gasteiger partial charge >= 0.3 is 0 Å². The molecule has 0 saturated carbocycles. The molecule has 0 aromatic carbocycles. The monoisotopic (exact) mass is 368 g/mol. The summed E-state index contributed by atoms with van der Waals surface area (Å²) in [5.74, 6) is 0. The first-order chi connectivity index (χ1) is 10.6. The second-order valence-electron chi connectivity index (χ2n) is 11.0. The molecule has 1 aliphatic heterocycles. The first kappa shape index (κ1) is 22.2. The van der Waals surface area contributed by atoms with Crippen molar-refractivity contribution < 1.29 is 4.43 Å². The van der Waals surface area contributed by atoms with E-state index in [1.165, 1.54) is 0 Å². The van der Waals surface area contributed by atoms with Crippen LogP contribution in [-0.2, 0) is 4.43 Å². The van der Waals surface area contributed by atoms with Gasteiger partial charge in [0.15, 0.2) is 0 Å². The fourth-order valence-corrected chi connectivity index (χ4v) is 20.1. The lowest BCUT2D eigenvalue weighted by Crippen LogP contribution is -2.49.